The van der Waals surface area contributed by atoms with E-state index in [2.05, 4.69) is 25.6 Å². The van der Waals surface area contributed by atoms with Gasteiger partial charge in [0.15, 0.2) is 0 Å². The maximum Gasteiger partial charge on any atom is 0.236 e. The lowest BCUT2D eigenvalue weighted by molar-refractivity contribution is -0.130. The minimum atomic E-state index is -0.238. The summed E-state index contributed by atoms with van der Waals surface area (Å²) in [5, 5.41) is -0.238. The summed E-state index contributed by atoms with van der Waals surface area (Å²) in [6, 6.07) is 10.1. The molecule has 0 bridgehead atoms. The average Bonchev–Trinajstić information content (AvgIpc) is 2.39. The number of benzene rings is 1. The van der Waals surface area contributed by atoms with E-state index in [1.807, 2.05) is 35.2 Å². The van der Waals surface area contributed by atoms with Gasteiger partial charge in [0.25, 0.3) is 0 Å². The van der Waals surface area contributed by atoms with E-state index in [0.717, 1.165) is 25.1 Å². The maximum atomic E-state index is 12.3. The van der Waals surface area contributed by atoms with Gasteiger partial charge in [0.2, 0.25) is 5.91 Å². The topological polar surface area (TPSA) is 20.3 Å². The smallest absolute Gasteiger partial charge is 0.236 e. The first-order valence-corrected chi connectivity index (χ1v) is 6.85. The fourth-order valence-electron chi connectivity index (χ4n) is 2.23. The lowest BCUT2D eigenvalue weighted by Crippen LogP contribution is -2.40. The van der Waals surface area contributed by atoms with E-state index >= 15 is 0 Å². The largest absolute Gasteiger partial charge is 0.337 e. The number of amides is 1. The van der Waals surface area contributed by atoms with Crippen LogP contribution in [0.1, 0.15) is 18.9 Å². The van der Waals surface area contributed by atoms with Gasteiger partial charge in [0.1, 0.15) is 0 Å². The van der Waals surface area contributed by atoms with Crippen molar-refractivity contribution in [1.82, 2.24) is 4.90 Å². The third-order valence-electron chi connectivity index (χ3n) is 3.20. The second kappa shape index (κ2) is 6.10. The van der Waals surface area contributed by atoms with Crippen LogP contribution in [0.3, 0.4) is 0 Å². The normalized spacial score (nSPS) is 17.2. The molecule has 2 rings (SSSR count). The van der Waals surface area contributed by atoms with E-state index in [1.54, 1.807) is 0 Å². The van der Waals surface area contributed by atoms with Crippen LogP contribution in [-0.2, 0) is 11.2 Å². The average molecular weight is 261 g/mol. The highest BCUT2D eigenvalue weighted by atomic mass is 32.1. The summed E-state index contributed by atoms with van der Waals surface area (Å²) < 4.78 is 0. The number of rotatable bonds is 3. The molecule has 1 aromatic rings. The van der Waals surface area contributed by atoms with Crippen molar-refractivity contribution in [2.24, 2.45) is 0 Å². The first-order chi connectivity index (χ1) is 8.66. The molecule has 1 atom stereocenters. The molecule has 18 heavy (non-hydrogen) atoms. The molecule has 0 saturated carbocycles. The van der Waals surface area contributed by atoms with Crippen molar-refractivity contribution in [3.63, 3.8) is 0 Å². The van der Waals surface area contributed by atoms with E-state index in [4.69, 9.17) is 0 Å². The predicted molar refractivity (Wildman–Crippen MR) is 77.9 cm³/mol. The second-order valence-corrected chi connectivity index (χ2v) is 5.43. The molecule has 2 nitrogen and oxygen atoms in total. The molecule has 0 aliphatic carbocycles. The van der Waals surface area contributed by atoms with Crippen molar-refractivity contribution in [2.45, 2.75) is 25.0 Å². The standard InChI is InChI=1S/C15H19NOS/c1-12-6-5-9-16(11-12)15(17)14(18)10-13-7-3-2-4-8-13/h2-4,6-8,14,18H,5,9-11H2,1H3. The molecule has 1 heterocycles. The van der Waals surface area contributed by atoms with Gasteiger partial charge in [-0.1, -0.05) is 42.0 Å². The van der Waals surface area contributed by atoms with E-state index in [0.29, 0.717) is 6.42 Å². The number of carbonyl (C=O) groups excluding carboxylic acids is 1. The molecule has 1 amide bonds. The van der Waals surface area contributed by atoms with Crippen LogP contribution in [0.5, 0.6) is 0 Å². The van der Waals surface area contributed by atoms with Gasteiger partial charge in [-0.25, -0.2) is 0 Å². The zero-order valence-corrected chi connectivity index (χ0v) is 11.6. The van der Waals surface area contributed by atoms with Crippen LogP contribution in [0.25, 0.3) is 0 Å². The van der Waals surface area contributed by atoms with Gasteiger partial charge in [-0.2, -0.15) is 12.6 Å². The highest BCUT2D eigenvalue weighted by molar-refractivity contribution is 7.81. The monoisotopic (exact) mass is 261 g/mol. The molecule has 0 aromatic heterocycles. The fraction of sp³-hybridized carbons (Fsp3) is 0.400. The molecule has 1 aliphatic rings. The Balaban J connectivity index is 1.95. The molecule has 1 aliphatic heterocycles. The Labute approximate surface area is 114 Å². The van der Waals surface area contributed by atoms with E-state index in [1.165, 1.54) is 5.57 Å². The summed E-state index contributed by atoms with van der Waals surface area (Å²) in [7, 11) is 0. The summed E-state index contributed by atoms with van der Waals surface area (Å²) in [5.74, 6) is 0.148. The minimum absolute atomic E-state index is 0.148. The first kappa shape index (κ1) is 13.2. The molecule has 0 spiro atoms. The number of hydrogen-bond donors (Lipinski definition) is 1. The summed E-state index contributed by atoms with van der Waals surface area (Å²) in [4.78, 5) is 14.2. The summed E-state index contributed by atoms with van der Waals surface area (Å²) >= 11 is 4.47. The highest BCUT2D eigenvalue weighted by Crippen LogP contribution is 2.15. The Morgan fingerprint density at radius 3 is 2.78 bits per heavy atom. The minimum Gasteiger partial charge on any atom is -0.337 e. The lowest BCUT2D eigenvalue weighted by atomic mass is 10.1. The van der Waals surface area contributed by atoms with Crippen LogP contribution in [-0.4, -0.2) is 29.1 Å². The molecule has 0 saturated heterocycles. The third kappa shape index (κ3) is 3.39. The van der Waals surface area contributed by atoms with Crippen molar-refractivity contribution < 1.29 is 4.79 Å². The number of thiol groups is 1. The quantitative estimate of drug-likeness (QED) is 0.655. The second-order valence-electron chi connectivity index (χ2n) is 4.80. The number of carbonyl (C=O) groups is 1. The Morgan fingerprint density at radius 1 is 1.39 bits per heavy atom. The van der Waals surface area contributed by atoms with Crippen LogP contribution in [0, 0.1) is 0 Å². The van der Waals surface area contributed by atoms with Crippen LogP contribution in [0.15, 0.2) is 42.0 Å². The molecule has 1 aromatic carbocycles. The van der Waals surface area contributed by atoms with E-state index < -0.39 is 0 Å². The van der Waals surface area contributed by atoms with Crippen molar-refractivity contribution in [3.8, 4) is 0 Å². The van der Waals surface area contributed by atoms with Crippen LogP contribution < -0.4 is 0 Å². The highest BCUT2D eigenvalue weighted by Gasteiger charge is 2.22. The molecule has 96 valence electrons. The van der Waals surface area contributed by atoms with Crippen molar-refractivity contribution >= 4 is 18.5 Å². The number of nitrogens with zero attached hydrogens (tertiary/aromatic N) is 1. The van der Waals surface area contributed by atoms with E-state index in [9.17, 15) is 4.79 Å². The summed E-state index contributed by atoms with van der Waals surface area (Å²) in [6.07, 6.45) is 3.86. The van der Waals surface area contributed by atoms with Gasteiger partial charge in [-0.3, -0.25) is 4.79 Å². The molecular weight excluding hydrogens is 242 g/mol. The van der Waals surface area contributed by atoms with Gasteiger partial charge in [-0.15, -0.1) is 0 Å². The van der Waals surface area contributed by atoms with Gasteiger partial charge in [0.05, 0.1) is 5.25 Å². The third-order valence-corrected chi connectivity index (χ3v) is 3.60. The molecule has 3 heteroatoms. The Morgan fingerprint density at radius 2 is 2.11 bits per heavy atom. The van der Waals surface area contributed by atoms with Crippen LogP contribution >= 0.6 is 12.6 Å². The maximum absolute atomic E-state index is 12.3. The fourth-order valence-corrected chi connectivity index (χ4v) is 2.61. The Hall–Kier alpha value is -1.22. The van der Waals surface area contributed by atoms with Crippen LogP contribution in [0.4, 0.5) is 0 Å². The first-order valence-electron chi connectivity index (χ1n) is 6.33. The van der Waals surface area contributed by atoms with Crippen molar-refractivity contribution in [2.75, 3.05) is 13.1 Å². The van der Waals surface area contributed by atoms with E-state index in [-0.39, 0.29) is 11.2 Å². The van der Waals surface area contributed by atoms with Crippen molar-refractivity contribution in [1.29, 1.82) is 0 Å². The predicted octanol–water partition coefficient (Wildman–Crippen LogP) is 2.71. The van der Waals surface area contributed by atoms with Crippen LogP contribution in [0.2, 0.25) is 0 Å². The van der Waals surface area contributed by atoms with Gasteiger partial charge in [0, 0.05) is 13.1 Å². The Bertz CT molecular complexity index is 441. The Kier molecular flexibility index (Phi) is 4.48. The zero-order chi connectivity index (χ0) is 13.0. The lowest BCUT2D eigenvalue weighted by Gasteiger charge is -2.28. The zero-order valence-electron chi connectivity index (χ0n) is 10.7. The molecule has 1 unspecified atom stereocenters. The number of hydrogen-bond acceptors (Lipinski definition) is 2. The summed E-state index contributed by atoms with van der Waals surface area (Å²) in [5.41, 5.74) is 2.44. The molecule has 0 N–H and O–H groups in total. The molecule has 0 fully saturated rings. The molecule has 0 radical (unpaired) electrons. The van der Waals surface area contributed by atoms with Crippen molar-refractivity contribution in [3.05, 3.63) is 47.5 Å². The van der Waals surface area contributed by atoms with Gasteiger partial charge < -0.3 is 4.90 Å². The SMILES string of the molecule is CC1=CCCN(C(=O)C(S)Cc2ccccc2)C1. The van der Waals surface area contributed by atoms with Gasteiger partial charge >= 0.3 is 0 Å². The summed E-state index contributed by atoms with van der Waals surface area (Å²) in [6.45, 7) is 3.65. The van der Waals surface area contributed by atoms with Gasteiger partial charge in [-0.05, 0) is 25.3 Å². The molecular formula is C15H19NOS.